The number of aromatic nitrogens is 2. The molecule has 1 aromatic heterocycles. The molecule has 17 heavy (non-hydrogen) atoms. The van der Waals surface area contributed by atoms with Gasteiger partial charge in [-0.1, -0.05) is 46.9 Å². The molecule has 0 aliphatic carbocycles. The van der Waals surface area contributed by atoms with E-state index in [2.05, 4.69) is 9.97 Å². The highest BCUT2D eigenvalue weighted by atomic mass is 35.5. The highest BCUT2D eigenvalue weighted by Gasteiger charge is 2.06. The van der Waals surface area contributed by atoms with Crippen LogP contribution in [0.4, 0.5) is 0 Å². The van der Waals surface area contributed by atoms with Crippen molar-refractivity contribution in [1.29, 1.82) is 0 Å². The molecule has 0 saturated carbocycles. The van der Waals surface area contributed by atoms with E-state index in [4.69, 9.17) is 39.5 Å². The SMILES string of the molecule is Clc1cnc(COc2ccccc2Cl)c(Cl)n1. The molecule has 1 aromatic carbocycles. The van der Waals surface area contributed by atoms with Crippen molar-refractivity contribution in [3.63, 3.8) is 0 Å². The van der Waals surface area contributed by atoms with Crippen molar-refractivity contribution in [3.05, 3.63) is 51.5 Å². The fourth-order valence-corrected chi connectivity index (χ4v) is 1.74. The third kappa shape index (κ3) is 3.22. The van der Waals surface area contributed by atoms with Crippen LogP contribution in [0.5, 0.6) is 5.75 Å². The molecule has 2 aromatic rings. The van der Waals surface area contributed by atoms with E-state index in [1.807, 2.05) is 12.1 Å². The molecule has 0 bridgehead atoms. The highest BCUT2D eigenvalue weighted by molar-refractivity contribution is 6.32. The van der Waals surface area contributed by atoms with E-state index in [-0.39, 0.29) is 16.9 Å². The standard InChI is InChI=1S/C11H7Cl3N2O/c12-7-3-1-2-4-9(7)17-6-8-11(14)16-10(13)5-15-8/h1-5H,6H2. The average molecular weight is 290 g/mol. The third-order valence-electron chi connectivity index (χ3n) is 1.97. The molecule has 3 nitrogen and oxygen atoms in total. The van der Waals surface area contributed by atoms with Gasteiger partial charge in [0.05, 0.1) is 11.2 Å². The van der Waals surface area contributed by atoms with Crippen LogP contribution < -0.4 is 4.74 Å². The van der Waals surface area contributed by atoms with Crippen molar-refractivity contribution in [1.82, 2.24) is 9.97 Å². The van der Waals surface area contributed by atoms with Gasteiger partial charge in [-0.2, -0.15) is 0 Å². The number of hydrogen-bond donors (Lipinski definition) is 0. The summed E-state index contributed by atoms with van der Waals surface area (Å²) < 4.78 is 5.48. The number of rotatable bonds is 3. The van der Waals surface area contributed by atoms with Crippen LogP contribution in [0.15, 0.2) is 30.5 Å². The summed E-state index contributed by atoms with van der Waals surface area (Å²) in [7, 11) is 0. The minimum Gasteiger partial charge on any atom is -0.486 e. The van der Waals surface area contributed by atoms with Gasteiger partial charge in [-0.25, -0.2) is 4.98 Å². The summed E-state index contributed by atoms with van der Waals surface area (Å²) in [5, 5.41) is 1.01. The van der Waals surface area contributed by atoms with Crippen molar-refractivity contribution >= 4 is 34.8 Å². The van der Waals surface area contributed by atoms with Crippen molar-refractivity contribution in [3.8, 4) is 5.75 Å². The number of hydrogen-bond acceptors (Lipinski definition) is 3. The maximum absolute atomic E-state index is 5.94. The zero-order valence-electron chi connectivity index (χ0n) is 8.53. The molecule has 2 rings (SSSR count). The number of para-hydroxylation sites is 1. The Bertz CT molecular complexity index is 534. The lowest BCUT2D eigenvalue weighted by Gasteiger charge is -2.07. The summed E-state index contributed by atoms with van der Waals surface area (Å²) in [6.07, 6.45) is 1.42. The van der Waals surface area contributed by atoms with Crippen molar-refractivity contribution < 1.29 is 4.74 Å². The normalized spacial score (nSPS) is 10.3. The number of benzene rings is 1. The summed E-state index contributed by atoms with van der Waals surface area (Å²) in [5.41, 5.74) is 0.510. The Hall–Kier alpha value is -1.03. The second kappa shape index (κ2) is 5.54. The first-order valence-electron chi connectivity index (χ1n) is 4.71. The molecule has 0 aliphatic rings. The van der Waals surface area contributed by atoms with Gasteiger partial charge in [0.25, 0.3) is 0 Å². The number of nitrogens with zero attached hydrogens (tertiary/aromatic N) is 2. The predicted molar refractivity (Wildman–Crippen MR) is 67.8 cm³/mol. The Balaban J connectivity index is 2.10. The monoisotopic (exact) mass is 288 g/mol. The first-order chi connectivity index (χ1) is 8.16. The van der Waals surface area contributed by atoms with Gasteiger partial charge in [-0.15, -0.1) is 0 Å². The van der Waals surface area contributed by atoms with Gasteiger partial charge >= 0.3 is 0 Å². The Morgan fingerprint density at radius 2 is 1.88 bits per heavy atom. The molecular weight excluding hydrogens is 282 g/mol. The van der Waals surface area contributed by atoms with Crippen molar-refractivity contribution in [2.45, 2.75) is 6.61 Å². The molecule has 1 heterocycles. The summed E-state index contributed by atoms with van der Waals surface area (Å²) in [6, 6.07) is 7.16. The Kier molecular flexibility index (Phi) is 4.05. The Labute approximate surface area is 113 Å². The molecular formula is C11H7Cl3N2O. The van der Waals surface area contributed by atoms with Crippen LogP contribution >= 0.6 is 34.8 Å². The minimum absolute atomic E-state index is 0.187. The molecule has 0 amide bonds. The predicted octanol–water partition coefficient (Wildman–Crippen LogP) is 4.02. The largest absolute Gasteiger partial charge is 0.486 e. The fourth-order valence-electron chi connectivity index (χ4n) is 1.18. The number of ether oxygens (including phenoxy) is 1. The zero-order valence-corrected chi connectivity index (χ0v) is 10.8. The van der Waals surface area contributed by atoms with Gasteiger partial charge in [0.1, 0.15) is 23.2 Å². The second-order valence-electron chi connectivity index (χ2n) is 3.15. The average Bonchev–Trinajstić information content (AvgIpc) is 2.30. The van der Waals surface area contributed by atoms with Crippen LogP contribution in [-0.4, -0.2) is 9.97 Å². The van der Waals surface area contributed by atoms with Gasteiger partial charge in [0, 0.05) is 0 Å². The molecule has 0 atom stereocenters. The zero-order chi connectivity index (χ0) is 12.3. The first-order valence-corrected chi connectivity index (χ1v) is 5.84. The summed E-state index contributed by atoms with van der Waals surface area (Å²) >= 11 is 17.4. The van der Waals surface area contributed by atoms with Gasteiger partial charge in [-0.05, 0) is 12.1 Å². The molecule has 0 saturated heterocycles. The molecule has 0 aliphatic heterocycles. The first kappa shape index (κ1) is 12.4. The van der Waals surface area contributed by atoms with Gasteiger partial charge < -0.3 is 4.74 Å². The van der Waals surface area contributed by atoms with E-state index in [0.717, 1.165) is 0 Å². The number of halogens is 3. The summed E-state index contributed by atoms with van der Waals surface area (Å²) in [6.45, 7) is 0.187. The molecule has 0 fully saturated rings. The Morgan fingerprint density at radius 1 is 1.12 bits per heavy atom. The van der Waals surface area contributed by atoms with E-state index >= 15 is 0 Å². The van der Waals surface area contributed by atoms with Crippen LogP contribution in [0.3, 0.4) is 0 Å². The van der Waals surface area contributed by atoms with E-state index in [9.17, 15) is 0 Å². The molecule has 0 unspecified atom stereocenters. The van der Waals surface area contributed by atoms with Crippen LogP contribution in [0.1, 0.15) is 5.69 Å². The lowest BCUT2D eigenvalue weighted by atomic mass is 10.3. The third-order valence-corrected chi connectivity index (χ3v) is 2.77. The maximum Gasteiger partial charge on any atom is 0.155 e. The van der Waals surface area contributed by atoms with Gasteiger partial charge in [0.2, 0.25) is 0 Å². The molecule has 0 N–H and O–H groups in total. The molecule has 6 heteroatoms. The molecule has 0 radical (unpaired) electrons. The molecule has 0 spiro atoms. The Morgan fingerprint density at radius 3 is 2.59 bits per heavy atom. The summed E-state index contributed by atoms with van der Waals surface area (Å²) in [4.78, 5) is 7.89. The summed E-state index contributed by atoms with van der Waals surface area (Å²) in [5.74, 6) is 0.571. The second-order valence-corrected chi connectivity index (χ2v) is 4.30. The van der Waals surface area contributed by atoms with Gasteiger partial charge in [-0.3, -0.25) is 4.98 Å². The lowest BCUT2D eigenvalue weighted by Crippen LogP contribution is -2.00. The van der Waals surface area contributed by atoms with Crippen molar-refractivity contribution in [2.75, 3.05) is 0 Å². The lowest BCUT2D eigenvalue weighted by molar-refractivity contribution is 0.301. The van der Waals surface area contributed by atoms with E-state index in [1.54, 1.807) is 12.1 Å². The highest BCUT2D eigenvalue weighted by Crippen LogP contribution is 2.24. The molecule has 88 valence electrons. The quantitative estimate of drug-likeness (QED) is 0.856. The van der Waals surface area contributed by atoms with Crippen LogP contribution in [-0.2, 0) is 6.61 Å². The van der Waals surface area contributed by atoms with Crippen LogP contribution in [0.25, 0.3) is 0 Å². The maximum atomic E-state index is 5.94. The minimum atomic E-state index is 0.187. The van der Waals surface area contributed by atoms with E-state index in [1.165, 1.54) is 6.20 Å². The fraction of sp³-hybridized carbons (Fsp3) is 0.0909. The van der Waals surface area contributed by atoms with Crippen LogP contribution in [0.2, 0.25) is 15.3 Å². The van der Waals surface area contributed by atoms with Gasteiger partial charge in [0.15, 0.2) is 5.15 Å². The topological polar surface area (TPSA) is 35.0 Å². The van der Waals surface area contributed by atoms with E-state index < -0.39 is 0 Å². The van der Waals surface area contributed by atoms with E-state index in [0.29, 0.717) is 16.5 Å². The van der Waals surface area contributed by atoms with Crippen molar-refractivity contribution in [2.24, 2.45) is 0 Å². The van der Waals surface area contributed by atoms with Crippen LogP contribution in [0, 0.1) is 0 Å². The smallest absolute Gasteiger partial charge is 0.155 e.